The topological polar surface area (TPSA) is 104 Å². The number of sulfonamides is 1. The SMILES string of the molecule is CCC1CCc2sc(C(=O)NNS(=O)(=O)c3ccc4c(c3)CC(=O)N4)cc2C1. The standard InChI is InChI=1S/C19H21N3O4S2/c1-2-11-3-6-16-13(7-11)9-17(27-16)19(24)21-22-28(25,26)14-4-5-15-12(8-14)10-18(23)20-15/h4-5,8-9,11,22H,2-3,6-7,10H2,1H3,(H,20,23)(H,21,24). The maximum absolute atomic E-state index is 12.5. The van der Waals surface area contributed by atoms with E-state index in [0.29, 0.717) is 22.0 Å². The summed E-state index contributed by atoms with van der Waals surface area (Å²) < 4.78 is 25.0. The second kappa shape index (κ2) is 7.31. The highest BCUT2D eigenvalue weighted by Crippen LogP contribution is 2.33. The summed E-state index contributed by atoms with van der Waals surface area (Å²) in [5, 5.41) is 2.66. The Hall–Kier alpha value is -2.23. The molecule has 2 aliphatic rings. The minimum Gasteiger partial charge on any atom is -0.326 e. The summed E-state index contributed by atoms with van der Waals surface area (Å²) in [5.41, 5.74) is 4.73. The number of aryl methyl sites for hydroxylation is 1. The van der Waals surface area contributed by atoms with Crippen LogP contribution >= 0.6 is 11.3 Å². The van der Waals surface area contributed by atoms with Crippen LogP contribution in [0.4, 0.5) is 5.69 Å². The van der Waals surface area contributed by atoms with E-state index in [2.05, 4.69) is 22.5 Å². The number of carbonyl (C=O) groups excluding carboxylic acids is 2. The van der Waals surface area contributed by atoms with E-state index in [4.69, 9.17) is 0 Å². The number of hydrazine groups is 1. The van der Waals surface area contributed by atoms with E-state index in [-0.39, 0.29) is 17.2 Å². The minimum atomic E-state index is -3.93. The number of thiophene rings is 1. The van der Waals surface area contributed by atoms with Crippen molar-refractivity contribution in [3.8, 4) is 0 Å². The molecule has 1 aromatic carbocycles. The van der Waals surface area contributed by atoms with E-state index in [1.807, 2.05) is 6.07 Å². The van der Waals surface area contributed by atoms with Crippen LogP contribution in [0.5, 0.6) is 0 Å². The Morgan fingerprint density at radius 3 is 2.89 bits per heavy atom. The number of carbonyl (C=O) groups is 2. The summed E-state index contributed by atoms with van der Waals surface area (Å²) in [5.74, 6) is 0.0181. The molecule has 1 aromatic heterocycles. The van der Waals surface area contributed by atoms with Crippen molar-refractivity contribution in [1.82, 2.24) is 10.3 Å². The van der Waals surface area contributed by atoms with Gasteiger partial charge in [-0.1, -0.05) is 13.3 Å². The molecule has 9 heteroatoms. The van der Waals surface area contributed by atoms with Crippen molar-refractivity contribution in [3.63, 3.8) is 0 Å². The first-order valence-electron chi connectivity index (χ1n) is 9.22. The molecule has 0 fully saturated rings. The van der Waals surface area contributed by atoms with Crippen molar-refractivity contribution in [2.24, 2.45) is 5.92 Å². The van der Waals surface area contributed by atoms with E-state index in [9.17, 15) is 18.0 Å². The fraction of sp³-hybridized carbons (Fsp3) is 0.368. The molecule has 1 unspecified atom stereocenters. The molecule has 0 spiro atoms. The number of rotatable bonds is 5. The lowest BCUT2D eigenvalue weighted by Crippen LogP contribution is -2.41. The molecular weight excluding hydrogens is 398 g/mol. The molecule has 148 valence electrons. The van der Waals surface area contributed by atoms with Gasteiger partial charge in [0.25, 0.3) is 15.9 Å². The maximum Gasteiger partial charge on any atom is 0.276 e. The Balaban J connectivity index is 1.44. The van der Waals surface area contributed by atoms with Gasteiger partial charge in [0.15, 0.2) is 0 Å². The second-order valence-electron chi connectivity index (χ2n) is 7.18. The zero-order valence-electron chi connectivity index (χ0n) is 15.4. The summed E-state index contributed by atoms with van der Waals surface area (Å²) in [6.07, 6.45) is 4.35. The molecule has 1 aliphatic carbocycles. The highest BCUT2D eigenvalue weighted by Gasteiger charge is 2.24. The van der Waals surface area contributed by atoms with Crippen molar-refractivity contribution < 1.29 is 18.0 Å². The molecule has 28 heavy (non-hydrogen) atoms. The Labute approximate surface area is 167 Å². The average molecular weight is 420 g/mol. The first-order chi connectivity index (χ1) is 13.4. The zero-order chi connectivity index (χ0) is 19.9. The second-order valence-corrected chi connectivity index (χ2v) is 10.00. The number of nitrogens with one attached hydrogen (secondary N) is 3. The van der Waals surface area contributed by atoms with Gasteiger partial charge in [-0.3, -0.25) is 15.0 Å². The van der Waals surface area contributed by atoms with Gasteiger partial charge >= 0.3 is 0 Å². The largest absolute Gasteiger partial charge is 0.326 e. The fourth-order valence-electron chi connectivity index (χ4n) is 3.67. The Bertz CT molecular complexity index is 1060. The molecule has 4 rings (SSSR count). The molecule has 2 aromatic rings. The number of hydrogen-bond donors (Lipinski definition) is 3. The fourth-order valence-corrected chi connectivity index (χ4v) is 5.66. The van der Waals surface area contributed by atoms with Crippen molar-refractivity contribution in [1.29, 1.82) is 0 Å². The Kier molecular flexibility index (Phi) is 4.98. The van der Waals surface area contributed by atoms with E-state index in [1.54, 1.807) is 6.07 Å². The van der Waals surface area contributed by atoms with E-state index >= 15 is 0 Å². The maximum atomic E-state index is 12.5. The summed E-state index contributed by atoms with van der Waals surface area (Å²) in [6, 6.07) is 6.26. The lowest BCUT2D eigenvalue weighted by Gasteiger charge is -2.19. The first kappa shape index (κ1) is 19.1. The van der Waals surface area contributed by atoms with E-state index < -0.39 is 15.9 Å². The van der Waals surface area contributed by atoms with Crippen LogP contribution < -0.4 is 15.6 Å². The molecule has 0 saturated carbocycles. The summed E-state index contributed by atoms with van der Waals surface area (Å²) in [6.45, 7) is 2.18. The highest BCUT2D eigenvalue weighted by atomic mass is 32.2. The Morgan fingerprint density at radius 1 is 1.29 bits per heavy atom. The lowest BCUT2D eigenvalue weighted by molar-refractivity contribution is -0.115. The Morgan fingerprint density at radius 2 is 2.11 bits per heavy atom. The third-order valence-electron chi connectivity index (χ3n) is 5.30. The first-order valence-corrected chi connectivity index (χ1v) is 11.5. The number of amides is 2. The molecule has 7 nitrogen and oxygen atoms in total. The van der Waals surface area contributed by atoms with Gasteiger partial charge in [0.2, 0.25) is 5.91 Å². The van der Waals surface area contributed by atoms with Crippen LogP contribution in [0.15, 0.2) is 29.2 Å². The molecule has 0 bridgehead atoms. The van der Waals surface area contributed by atoms with Crippen molar-refractivity contribution >= 4 is 38.9 Å². The van der Waals surface area contributed by atoms with Crippen molar-refractivity contribution in [2.45, 2.75) is 43.9 Å². The van der Waals surface area contributed by atoms with Crippen LogP contribution in [0.2, 0.25) is 0 Å². The van der Waals surface area contributed by atoms with Gasteiger partial charge in [-0.2, -0.15) is 0 Å². The smallest absolute Gasteiger partial charge is 0.276 e. The monoisotopic (exact) mass is 419 g/mol. The van der Waals surface area contributed by atoms with Crippen LogP contribution in [0.3, 0.4) is 0 Å². The van der Waals surface area contributed by atoms with Crippen LogP contribution in [0.25, 0.3) is 0 Å². The predicted molar refractivity (Wildman–Crippen MR) is 107 cm³/mol. The van der Waals surface area contributed by atoms with E-state index in [1.165, 1.54) is 33.9 Å². The summed E-state index contributed by atoms with van der Waals surface area (Å²) >= 11 is 1.43. The molecule has 3 N–H and O–H groups in total. The van der Waals surface area contributed by atoms with Gasteiger partial charge in [0.1, 0.15) is 0 Å². The molecular formula is C19H21N3O4S2. The quantitative estimate of drug-likeness (QED) is 0.647. The lowest BCUT2D eigenvalue weighted by atomic mass is 9.87. The van der Waals surface area contributed by atoms with Gasteiger partial charge < -0.3 is 5.32 Å². The van der Waals surface area contributed by atoms with Gasteiger partial charge in [-0.25, -0.2) is 8.42 Å². The zero-order valence-corrected chi connectivity index (χ0v) is 17.0. The van der Waals surface area contributed by atoms with Crippen LogP contribution in [-0.4, -0.2) is 20.2 Å². The summed E-state index contributed by atoms with van der Waals surface area (Å²) in [4.78, 5) is 27.7. The third-order valence-corrected chi connectivity index (χ3v) is 7.78. The van der Waals surface area contributed by atoms with Gasteiger partial charge in [-0.05, 0) is 60.6 Å². The van der Waals surface area contributed by atoms with Gasteiger partial charge in [0.05, 0.1) is 16.2 Å². The van der Waals surface area contributed by atoms with Gasteiger partial charge in [-0.15, -0.1) is 16.2 Å². The number of fused-ring (bicyclic) bond motifs is 2. The molecule has 1 atom stereocenters. The number of benzene rings is 1. The molecule has 0 radical (unpaired) electrons. The highest BCUT2D eigenvalue weighted by molar-refractivity contribution is 7.89. The number of anilines is 1. The van der Waals surface area contributed by atoms with Crippen LogP contribution in [-0.2, 0) is 34.1 Å². The predicted octanol–water partition coefficient (Wildman–Crippen LogP) is 2.38. The van der Waals surface area contributed by atoms with Crippen LogP contribution in [0.1, 0.15) is 45.4 Å². The molecule has 1 aliphatic heterocycles. The van der Waals surface area contributed by atoms with Crippen molar-refractivity contribution in [2.75, 3.05) is 5.32 Å². The normalized spacial score (nSPS) is 18.3. The van der Waals surface area contributed by atoms with E-state index in [0.717, 1.165) is 25.7 Å². The minimum absolute atomic E-state index is 0.000637. The molecule has 2 heterocycles. The third kappa shape index (κ3) is 3.69. The summed E-state index contributed by atoms with van der Waals surface area (Å²) in [7, 11) is -3.93. The van der Waals surface area contributed by atoms with Crippen molar-refractivity contribution in [3.05, 3.63) is 45.1 Å². The van der Waals surface area contributed by atoms with Gasteiger partial charge in [0, 0.05) is 10.6 Å². The average Bonchev–Trinajstić information content (AvgIpc) is 3.26. The molecule has 0 saturated heterocycles. The molecule has 2 amide bonds. The number of hydrogen-bond acceptors (Lipinski definition) is 5. The van der Waals surface area contributed by atoms with Crippen LogP contribution in [0, 0.1) is 5.92 Å².